The normalized spacial score (nSPS) is 33.7. The lowest BCUT2D eigenvalue weighted by Crippen LogP contribution is -2.61. The van der Waals surface area contributed by atoms with Gasteiger partial charge in [-0.15, -0.1) is 0 Å². The maximum Gasteiger partial charge on any atom is 0.317 e. The number of carbonyl (C=O) groups is 2. The van der Waals surface area contributed by atoms with Gasteiger partial charge in [-0.05, 0) is 73.4 Å². The van der Waals surface area contributed by atoms with Crippen molar-refractivity contribution < 1.29 is 14.0 Å². The maximum absolute atomic E-state index is 13.2. The molecule has 2 saturated carbocycles. The van der Waals surface area contributed by atoms with Gasteiger partial charge in [0.2, 0.25) is 0 Å². The molecule has 7 nitrogen and oxygen atoms in total. The van der Waals surface area contributed by atoms with Crippen molar-refractivity contribution in [3.63, 3.8) is 0 Å². The fourth-order valence-electron chi connectivity index (χ4n) is 7.43. The second-order valence-electron chi connectivity index (χ2n) is 12.0. The minimum atomic E-state index is -0.154. The number of nitrogens with one attached hydrogen (secondary N) is 2. The Kier molecular flexibility index (Phi) is 7.32. The first kappa shape index (κ1) is 25.1. The molecule has 3 aliphatic rings. The molecule has 3 fully saturated rings. The molecule has 1 aliphatic heterocycles. The molecule has 0 aromatic carbocycles. The molecule has 190 valence electrons. The molecule has 5 atom stereocenters. The zero-order chi connectivity index (χ0) is 24.5. The highest BCUT2D eigenvalue weighted by molar-refractivity contribution is 5.91. The molecule has 7 heteroatoms. The second-order valence-corrected chi connectivity index (χ2v) is 12.0. The van der Waals surface area contributed by atoms with Crippen LogP contribution in [0.4, 0.5) is 4.79 Å². The molecule has 1 aromatic heterocycles. The third kappa shape index (κ3) is 5.00. The minimum absolute atomic E-state index is 0.0899. The van der Waals surface area contributed by atoms with E-state index < -0.39 is 0 Å². The molecular formula is C27H44N4O3. The van der Waals surface area contributed by atoms with Gasteiger partial charge in [-0.3, -0.25) is 4.79 Å². The van der Waals surface area contributed by atoms with E-state index >= 15 is 0 Å². The number of rotatable bonds is 5. The van der Waals surface area contributed by atoms with Crippen LogP contribution in [0.2, 0.25) is 0 Å². The average Bonchev–Trinajstić information content (AvgIpc) is 3.32. The molecule has 4 rings (SSSR count). The van der Waals surface area contributed by atoms with E-state index in [-0.39, 0.29) is 28.8 Å². The molecule has 5 unspecified atom stereocenters. The number of hydrogen-bond acceptors (Lipinski definition) is 4. The molecule has 34 heavy (non-hydrogen) atoms. The summed E-state index contributed by atoms with van der Waals surface area (Å²) >= 11 is 0. The Morgan fingerprint density at radius 1 is 1.15 bits per heavy atom. The third-order valence-electron chi connectivity index (χ3n) is 9.47. The van der Waals surface area contributed by atoms with Crippen LogP contribution in [0.15, 0.2) is 22.8 Å². The fraction of sp³-hybridized carbons (Fsp3) is 0.778. The van der Waals surface area contributed by atoms with Crippen LogP contribution in [0, 0.1) is 28.6 Å². The number of urea groups is 1. The lowest BCUT2D eigenvalue weighted by atomic mass is 9.45. The van der Waals surface area contributed by atoms with E-state index in [4.69, 9.17) is 4.42 Å². The molecule has 1 saturated heterocycles. The van der Waals surface area contributed by atoms with Crippen LogP contribution >= 0.6 is 0 Å². The van der Waals surface area contributed by atoms with Gasteiger partial charge in [0.25, 0.3) is 5.91 Å². The van der Waals surface area contributed by atoms with E-state index in [1.54, 1.807) is 12.1 Å². The zero-order valence-electron chi connectivity index (χ0n) is 21.7. The van der Waals surface area contributed by atoms with Crippen molar-refractivity contribution in [2.45, 2.75) is 65.8 Å². The van der Waals surface area contributed by atoms with Crippen molar-refractivity contribution in [2.24, 2.45) is 28.6 Å². The summed E-state index contributed by atoms with van der Waals surface area (Å²) in [6, 6.07) is 3.69. The Balaban J connectivity index is 1.47. The number of piperazine rings is 1. The molecule has 2 aliphatic carbocycles. The summed E-state index contributed by atoms with van der Waals surface area (Å²) in [5, 5.41) is 6.52. The number of hydrogen-bond donors (Lipinski definition) is 2. The number of fused-ring (bicyclic) bond motifs is 1. The average molecular weight is 473 g/mol. The van der Waals surface area contributed by atoms with E-state index in [0.717, 1.165) is 39.0 Å². The Morgan fingerprint density at radius 3 is 2.56 bits per heavy atom. The summed E-state index contributed by atoms with van der Waals surface area (Å²) in [7, 11) is 2.11. The summed E-state index contributed by atoms with van der Waals surface area (Å²) in [6.07, 6.45) is 7.20. The molecule has 2 N–H and O–H groups in total. The Hall–Kier alpha value is -2.02. The van der Waals surface area contributed by atoms with Gasteiger partial charge >= 0.3 is 6.03 Å². The van der Waals surface area contributed by atoms with Crippen LogP contribution in [-0.4, -0.2) is 67.6 Å². The predicted octanol–water partition coefficient (Wildman–Crippen LogP) is 4.21. The van der Waals surface area contributed by atoms with Crippen LogP contribution in [-0.2, 0) is 0 Å². The van der Waals surface area contributed by atoms with Gasteiger partial charge in [-0.25, -0.2) is 4.79 Å². The Morgan fingerprint density at radius 2 is 1.88 bits per heavy atom. The molecule has 0 spiro atoms. The fourth-order valence-corrected chi connectivity index (χ4v) is 7.43. The maximum atomic E-state index is 13.2. The molecule has 1 aromatic rings. The van der Waals surface area contributed by atoms with E-state index in [0.29, 0.717) is 30.1 Å². The van der Waals surface area contributed by atoms with Crippen LogP contribution in [0.5, 0.6) is 0 Å². The number of amides is 3. The summed E-state index contributed by atoms with van der Waals surface area (Å²) in [5.74, 6) is 1.54. The monoisotopic (exact) mass is 472 g/mol. The molecular weight excluding hydrogens is 428 g/mol. The quantitative estimate of drug-likeness (QED) is 0.673. The highest BCUT2D eigenvalue weighted by atomic mass is 16.3. The van der Waals surface area contributed by atoms with E-state index in [9.17, 15) is 9.59 Å². The van der Waals surface area contributed by atoms with Crippen LogP contribution in [0.1, 0.15) is 70.4 Å². The summed E-state index contributed by atoms with van der Waals surface area (Å²) in [4.78, 5) is 29.9. The lowest BCUT2D eigenvalue weighted by Gasteiger charge is -2.61. The zero-order valence-corrected chi connectivity index (χ0v) is 21.7. The number of carbonyl (C=O) groups excluding carboxylic acids is 2. The highest BCUT2D eigenvalue weighted by Crippen LogP contribution is 2.61. The first-order valence-electron chi connectivity index (χ1n) is 13.2. The molecule has 0 radical (unpaired) electrons. The van der Waals surface area contributed by atoms with Gasteiger partial charge in [0, 0.05) is 38.8 Å². The van der Waals surface area contributed by atoms with Crippen LogP contribution < -0.4 is 10.6 Å². The number of nitrogens with zero attached hydrogens (tertiary/aromatic N) is 2. The summed E-state index contributed by atoms with van der Waals surface area (Å²) in [5.41, 5.74) is 0.464. The first-order valence-corrected chi connectivity index (χ1v) is 13.2. The van der Waals surface area contributed by atoms with Crippen LogP contribution in [0.3, 0.4) is 0 Å². The van der Waals surface area contributed by atoms with Crippen molar-refractivity contribution >= 4 is 11.9 Å². The van der Waals surface area contributed by atoms with E-state index in [1.807, 2.05) is 4.90 Å². The predicted molar refractivity (Wildman–Crippen MR) is 134 cm³/mol. The Labute approximate surface area is 205 Å². The number of likely N-dealkylation sites (N-methyl/N-ethyl adjacent to an activating group) is 1. The van der Waals surface area contributed by atoms with Crippen molar-refractivity contribution in [2.75, 3.05) is 39.8 Å². The van der Waals surface area contributed by atoms with Crippen molar-refractivity contribution in [3.8, 4) is 0 Å². The van der Waals surface area contributed by atoms with Crippen molar-refractivity contribution in [3.05, 3.63) is 24.2 Å². The lowest BCUT2D eigenvalue weighted by molar-refractivity contribution is -0.106. The largest absolute Gasteiger partial charge is 0.459 e. The second kappa shape index (κ2) is 9.92. The SMILES string of the molecule is CC1C(NC(=O)N2CCN(C)CC2)CC2C(C)(C)CCCC2(C)C1CCNC(=O)c1ccco1. The smallest absolute Gasteiger partial charge is 0.317 e. The highest BCUT2D eigenvalue weighted by Gasteiger charge is 2.56. The van der Waals surface area contributed by atoms with Gasteiger partial charge < -0.3 is 24.9 Å². The van der Waals surface area contributed by atoms with E-state index in [2.05, 4.69) is 50.3 Å². The first-order chi connectivity index (χ1) is 16.1. The molecule has 2 heterocycles. The van der Waals surface area contributed by atoms with Crippen molar-refractivity contribution in [1.82, 2.24) is 20.4 Å². The van der Waals surface area contributed by atoms with Gasteiger partial charge in [-0.2, -0.15) is 0 Å². The topological polar surface area (TPSA) is 77.8 Å². The van der Waals surface area contributed by atoms with Gasteiger partial charge in [0.1, 0.15) is 0 Å². The van der Waals surface area contributed by atoms with E-state index in [1.165, 1.54) is 25.5 Å². The standard InChI is InChI=1S/C27H44N4O3/c1-19-20(9-12-28-24(32)22-8-6-17-34-22)27(4)11-7-10-26(2,3)23(27)18-21(19)29-25(33)31-15-13-30(5)14-16-31/h6,8,17,19-21,23H,7,9-16,18H2,1-5H3,(H,28,32)(H,29,33). The summed E-state index contributed by atoms with van der Waals surface area (Å²) < 4.78 is 5.25. The summed E-state index contributed by atoms with van der Waals surface area (Å²) in [6.45, 7) is 13.7. The van der Waals surface area contributed by atoms with Gasteiger partial charge in [0.15, 0.2) is 5.76 Å². The minimum Gasteiger partial charge on any atom is -0.459 e. The van der Waals surface area contributed by atoms with Crippen molar-refractivity contribution in [1.29, 1.82) is 0 Å². The Bertz CT molecular complexity index is 846. The molecule has 3 amide bonds. The molecule has 0 bridgehead atoms. The third-order valence-corrected chi connectivity index (χ3v) is 9.47. The number of furan rings is 1. The van der Waals surface area contributed by atoms with Gasteiger partial charge in [-0.1, -0.05) is 34.1 Å². The van der Waals surface area contributed by atoms with Crippen LogP contribution in [0.25, 0.3) is 0 Å². The van der Waals surface area contributed by atoms with Gasteiger partial charge in [0.05, 0.1) is 6.26 Å².